The molecule has 1 aromatic heterocycles. The second kappa shape index (κ2) is 4.02. The summed E-state index contributed by atoms with van der Waals surface area (Å²) in [4.78, 5) is 8.20. The zero-order chi connectivity index (χ0) is 10.8. The molecule has 0 atom stereocenters. The Bertz CT molecular complexity index is 494. The molecule has 1 aliphatic heterocycles. The maximum Gasteiger partial charge on any atom is 0.116 e. The minimum atomic E-state index is 0.967. The molecule has 0 bridgehead atoms. The molecule has 0 spiro atoms. The zero-order valence-electron chi connectivity index (χ0n) is 8.98. The number of nitrogens with one attached hydrogen (secondary N) is 1. The molecule has 16 heavy (non-hydrogen) atoms. The van der Waals surface area contributed by atoms with Crippen molar-refractivity contribution in [2.45, 2.75) is 13.0 Å². The Morgan fingerprint density at radius 3 is 3.00 bits per heavy atom. The maximum absolute atomic E-state index is 4.27. The number of nitrogens with zero attached hydrogens (tertiary/aromatic N) is 2. The van der Waals surface area contributed by atoms with Crippen LogP contribution in [-0.2, 0) is 13.0 Å². The highest BCUT2D eigenvalue weighted by Gasteiger charge is 2.09. The highest BCUT2D eigenvalue weighted by molar-refractivity contribution is 5.60. The van der Waals surface area contributed by atoms with Crippen molar-refractivity contribution in [3.8, 4) is 11.3 Å². The van der Waals surface area contributed by atoms with Gasteiger partial charge in [0, 0.05) is 18.3 Å². The lowest BCUT2D eigenvalue weighted by atomic mass is 9.97. The number of fused-ring (bicyclic) bond motifs is 1. The van der Waals surface area contributed by atoms with Gasteiger partial charge in [-0.2, -0.15) is 0 Å². The number of hydrogen-bond acceptors (Lipinski definition) is 3. The Kier molecular flexibility index (Phi) is 2.38. The third-order valence-electron chi connectivity index (χ3n) is 2.97. The molecule has 3 rings (SSSR count). The van der Waals surface area contributed by atoms with Gasteiger partial charge in [0.15, 0.2) is 0 Å². The molecule has 0 aliphatic carbocycles. The summed E-state index contributed by atoms with van der Waals surface area (Å²) < 4.78 is 0. The molecule has 3 nitrogen and oxygen atoms in total. The molecule has 80 valence electrons. The van der Waals surface area contributed by atoms with Gasteiger partial charge in [-0.15, -0.1) is 0 Å². The minimum Gasteiger partial charge on any atom is -0.312 e. The van der Waals surface area contributed by atoms with Crippen molar-refractivity contribution in [2.24, 2.45) is 0 Å². The SMILES string of the molecule is c1cc(-c2ccc3c(c2)CNCC3)ncn1. The smallest absolute Gasteiger partial charge is 0.116 e. The van der Waals surface area contributed by atoms with Crippen LogP contribution in [0.4, 0.5) is 0 Å². The van der Waals surface area contributed by atoms with Gasteiger partial charge in [0.1, 0.15) is 6.33 Å². The minimum absolute atomic E-state index is 0.967. The second-order valence-corrected chi connectivity index (χ2v) is 4.00. The molecule has 0 saturated heterocycles. The van der Waals surface area contributed by atoms with E-state index in [0.717, 1.165) is 25.2 Å². The van der Waals surface area contributed by atoms with Gasteiger partial charge < -0.3 is 5.32 Å². The molecule has 1 aromatic carbocycles. The maximum atomic E-state index is 4.27. The highest BCUT2D eigenvalue weighted by Crippen LogP contribution is 2.22. The van der Waals surface area contributed by atoms with Gasteiger partial charge in [0.05, 0.1) is 5.69 Å². The summed E-state index contributed by atoms with van der Waals surface area (Å²) in [6.07, 6.45) is 4.49. The normalized spacial score (nSPS) is 14.5. The Hall–Kier alpha value is -1.74. The third-order valence-corrected chi connectivity index (χ3v) is 2.97. The first kappa shape index (κ1) is 9.48. The summed E-state index contributed by atoms with van der Waals surface area (Å²) in [5, 5.41) is 3.39. The Labute approximate surface area is 94.6 Å². The molecule has 2 aromatic rings. The Balaban J connectivity index is 2.03. The zero-order valence-corrected chi connectivity index (χ0v) is 8.98. The Morgan fingerprint density at radius 1 is 1.12 bits per heavy atom. The van der Waals surface area contributed by atoms with Crippen LogP contribution in [-0.4, -0.2) is 16.5 Å². The first-order chi connectivity index (χ1) is 7.93. The van der Waals surface area contributed by atoms with Crippen LogP contribution in [0.5, 0.6) is 0 Å². The van der Waals surface area contributed by atoms with E-state index in [1.807, 2.05) is 6.07 Å². The monoisotopic (exact) mass is 211 g/mol. The van der Waals surface area contributed by atoms with Crippen LogP contribution < -0.4 is 5.32 Å². The quantitative estimate of drug-likeness (QED) is 0.781. The standard InChI is InChI=1S/C13H13N3/c1-2-11(13-4-6-15-9-16-13)7-12-8-14-5-3-10(1)12/h1-2,4,6-7,9,14H,3,5,8H2. The highest BCUT2D eigenvalue weighted by atomic mass is 14.9. The predicted octanol–water partition coefficient (Wildman–Crippen LogP) is 1.79. The number of benzene rings is 1. The van der Waals surface area contributed by atoms with E-state index in [9.17, 15) is 0 Å². The molecule has 0 saturated carbocycles. The van der Waals surface area contributed by atoms with Crippen LogP contribution in [0.1, 0.15) is 11.1 Å². The number of aromatic nitrogens is 2. The lowest BCUT2D eigenvalue weighted by Gasteiger charge is -2.17. The molecule has 0 amide bonds. The molecular formula is C13H13N3. The fourth-order valence-electron chi connectivity index (χ4n) is 2.10. The van der Waals surface area contributed by atoms with Crippen LogP contribution in [0.3, 0.4) is 0 Å². The molecule has 1 N–H and O–H groups in total. The molecule has 3 heteroatoms. The summed E-state index contributed by atoms with van der Waals surface area (Å²) in [6.45, 7) is 2.05. The van der Waals surface area contributed by atoms with Gasteiger partial charge in [-0.25, -0.2) is 9.97 Å². The van der Waals surface area contributed by atoms with E-state index < -0.39 is 0 Å². The number of hydrogen-bond donors (Lipinski definition) is 1. The van der Waals surface area contributed by atoms with Gasteiger partial charge in [0.25, 0.3) is 0 Å². The summed E-state index contributed by atoms with van der Waals surface area (Å²) in [5.41, 5.74) is 5.01. The average molecular weight is 211 g/mol. The second-order valence-electron chi connectivity index (χ2n) is 4.00. The first-order valence-corrected chi connectivity index (χ1v) is 5.52. The van der Waals surface area contributed by atoms with Crippen molar-refractivity contribution in [3.05, 3.63) is 47.9 Å². The van der Waals surface area contributed by atoms with Crippen LogP contribution in [0.15, 0.2) is 36.8 Å². The van der Waals surface area contributed by atoms with E-state index >= 15 is 0 Å². The van der Waals surface area contributed by atoms with E-state index in [-0.39, 0.29) is 0 Å². The van der Waals surface area contributed by atoms with Crippen molar-refractivity contribution in [2.75, 3.05) is 6.54 Å². The van der Waals surface area contributed by atoms with E-state index in [2.05, 4.69) is 33.5 Å². The summed E-state index contributed by atoms with van der Waals surface area (Å²) in [6, 6.07) is 8.53. The largest absolute Gasteiger partial charge is 0.312 e. The van der Waals surface area contributed by atoms with Crippen molar-refractivity contribution in [3.63, 3.8) is 0 Å². The van der Waals surface area contributed by atoms with Crippen LogP contribution in [0, 0.1) is 0 Å². The van der Waals surface area contributed by atoms with Gasteiger partial charge in [-0.1, -0.05) is 12.1 Å². The van der Waals surface area contributed by atoms with Gasteiger partial charge in [0.2, 0.25) is 0 Å². The third kappa shape index (κ3) is 1.70. The Morgan fingerprint density at radius 2 is 2.12 bits per heavy atom. The average Bonchev–Trinajstić information content (AvgIpc) is 2.39. The van der Waals surface area contributed by atoms with E-state index in [4.69, 9.17) is 0 Å². The van der Waals surface area contributed by atoms with Gasteiger partial charge in [-0.05, 0) is 36.2 Å². The summed E-state index contributed by atoms with van der Waals surface area (Å²) in [5.74, 6) is 0. The predicted molar refractivity (Wildman–Crippen MR) is 62.9 cm³/mol. The number of rotatable bonds is 1. The topological polar surface area (TPSA) is 37.8 Å². The van der Waals surface area contributed by atoms with Crippen LogP contribution in [0.25, 0.3) is 11.3 Å². The van der Waals surface area contributed by atoms with Gasteiger partial charge in [-0.3, -0.25) is 0 Å². The molecule has 0 radical (unpaired) electrons. The van der Waals surface area contributed by atoms with Gasteiger partial charge >= 0.3 is 0 Å². The molecule has 0 unspecified atom stereocenters. The molecule has 0 fully saturated rings. The lowest BCUT2D eigenvalue weighted by Crippen LogP contribution is -2.23. The van der Waals surface area contributed by atoms with E-state index in [1.54, 1.807) is 12.5 Å². The summed E-state index contributed by atoms with van der Waals surface area (Å²) >= 11 is 0. The molecule has 1 aliphatic rings. The van der Waals surface area contributed by atoms with Crippen molar-refractivity contribution < 1.29 is 0 Å². The molecular weight excluding hydrogens is 198 g/mol. The first-order valence-electron chi connectivity index (χ1n) is 5.52. The van der Waals surface area contributed by atoms with Crippen LogP contribution >= 0.6 is 0 Å². The van der Waals surface area contributed by atoms with Crippen molar-refractivity contribution in [1.29, 1.82) is 0 Å². The van der Waals surface area contributed by atoms with Crippen molar-refractivity contribution in [1.82, 2.24) is 15.3 Å². The summed E-state index contributed by atoms with van der Waals surface area (Å²) in [7, 11) is 0. The molecule has 2 heterocycles. The van der Waals surface area contributed by atoms with E-state index in [1.165, 1.54) is 16.7 Å². The fraction of sp³-hybridized carbons (Fsp3) is 0.231. The lowest BCUT2D eigenvalue weighted by molar-refractivity contribution is 0.644. The fourth-order valence-corrected chi connectivity index (χ4v) is 2.10. The van der Waals surface area contributed by atoms with E-state index in [0.29, 0.717) is 0 Å². The van der Waals surface area contributed by atoms with Crippen LogP contribution in [0.2, 0.25) is 0 Å². The van der Waals surface area contributed by atoms with Crippen molar-refractivity contribution >= 4 is 0 Å².